The minimum atomic E-state index is 0.165. The van der Waals surface area contributed by atoms with Crippen molar-refractivity contribution in [2.75, 3.05) is 7.05 Å². The van der Waals surface area contributed by atoms with Crippen LogP contribution in [0.1, 0.15) is 16.0 Å². The number of benzene rings is 1. The highest BCUT2D eigenvalue weighted by Crippen LogP contribution is 2.13. The average Bonchev–Trinajstić information content (AvgIpc) is 2.84. The molecule has 2 aromatic rings. The highest BCUT2D eigenvalue weighted by molar-refractivity contribution is 7.09. The quantitative estimate of drug-likeness (QED) is 0.825. The number of carbonyl (C=O) groups excluding carboxylic acids is 1. The van der Waals surface area contributed by atoms with Crippen LogP contribution in [0, 0.1) is 6.92 Å². The number of likely N-dealkylation sites (N-methyl/N-ethyl adjacent to an activating group) is 1. The van der Waals surface area contributed by atoms with Crippen LogP contribution in [0.5, 0.6) is 0 Å². The summed E-state index contributed by atoms with van der Waals surface area (Å²) >= 11 is 1.68. The summed E-state index contributed by atoms with van der Waals surface area (Å²) in [6.45, 7) is 2.74. The molecule has 1 amide bonds. The van der Waals surface area contributed by atoms with Crippen LogP contribution in [0.15, 0.2) is 41.8 Å². The molecule has 0 fully saturated rings. The third-order valence-corrected chi connectivity index (χ3v) is 3.86. The first-order valence-corrected chi connectivity index (χ1v) is 6.85. The topological polar surface area (TPSA) is 20.3 Å². The fraction of sp³-hybridized carbons (Fsp3) is 0.267. The average molecular weight is 259 g/mol. The molecule has 18 heavy (non-hydrogen) atoms. The van der Waals surface area contributed by atoms with Gasteiger partial charge in [0.2, 0.25) is 5.91 Å². The molecule has 0 spiro atoms. The van der Waals surface area contributed by atoms with Crippen LogP contribution >= 0.6 is 11.3 Å². The Morgan fingerprint density at radius 2 is 2.00 bits per heavy atom. The number of thiophene rings is 1. The van der Waals surface area contributed by atoms with E-state index in [0.717, 1.165) is 5.56 Å². The molecule has 0 bridgehead atoms. The monoisotopic (exact) mass is 259 g/mol. The van der Waals surface area contributed by atoms with E-state index in [1.807, 2.05) is 49.7 Å². The number of rotatable bonds is 4. The molecule has 2 nitrogen and oxygen atoms in total. The van der Waals surface area contributed by atoms with Crippen molar-refractivity contribution >= 4 is 17.2 Å². The number of hydrogen-bond donors (Lipinski definition) is 0. The molecular formula is C15H17NOS. The molecule has 0 unspecified atom stereocenters. The van der Waals surface area contributed by atoms with Gasteiger partial charge in [-0.1, -0.05) is 30.3 Å². The molecule has 3 heteroatoms. The summed E-state index contributed by atoms with van der Waals surface area (Å²) in [5.74, 6) is 0.165. The van der Waals surface area contributed by atoms with Crippen LogP contribution in [0.2, 0.25) is 0 Å². The first-order valence-electron chi connectivity index (χ1n) is 5.97. The number of nitrogens with zero attached hydrogens (tertiary/aromatic N) is 1. The SMILES string of the molecule is Cc1ccccc1CC(=O)N(C)Cc1cccs1. The number of amides is 1. The molecule has 0 N–H and O–H groups in total. The molecule has 1 heterocycles. The number of carbonyl (C=O) groups is 1. The van der Waals surface area contributed by atoms with Crippen LogP contribution in [0.3, 0.4) is 0 Å². The Morgan fingerprint density at radius 1 is 1.22 bits per heavy atom. The summed E-state index contributed by atoms with van der Waals surface area (Å²) in [5.41, 5.74) is 2.29. The van der Waals surface area contributed by atoms with Crippen molar-refractivity contribution in [1.29, 1.82) is 0 Å². The maximum Gasteiger partial charge on any atom is 0.227 e. The summed E-state index contributed by atoms with van der Waals surface area (Å²) in [4.78, 5) is 15.1. The van der Waals surface area contributed by atoms with Gasteiger partial charge >= 0.3 is 0 Å². The van der Waals surface area contributed by atoms with E-state index in [9.17, 15) is 4.79 Å². The zero-order valence-corrected chi connectivity index (χ0v) is 11.5. The Morgan fingerprint density at radius 3 is 2.67 bits per heavy atom. The molecule has 0 aliphatic carbocycles. The highest BCUT2D eigenvalue weighted by Gasteiger charge is 2.11. The van der Waals surface area contributed by atoms with Gasteiger partial charge in [-0.25, -0.2) is 0 Å². The molecule has 0 saturated heterocycles. The van der Waals surface area contributed by atoms with E-state index in [1.165, 1.54) is 10.4 Å². The van der Waals surface area contributed by atoms with E-state index in [1.54, 1.807) is 16.2 Å². The van der Waals surface area contributed by atoms with Crippen molar-refractivity contribution in [2.45, 2.75) is 19.9 Å². The summed E-state index contributed by atoms with van der Waals surface area (Å²) in [6, 6.07) is 12.1. The first-order chi connectivity index (χ1) is 8.66. The predicted octanol–water partition coefficient (Wildman–Crippen LogP) is 3.26. The summed E-state index contributed by atoms with van der Waals surface area (Å²) in [5, 5.41) is 2.04. The standard InChI is InChI=1S/C15H17NOS/c1-12-6-3-4-7-13(12)10-15(17)16(2)11-14-8-5-9-18-14/h3-9H,10-11H2,1-2H3. The normalized spacial score (nSPS) is 10.3. The van der Waals surface area contributed by atoms with Gasteiger partial charge in [-0.05, 0) is 29.5 Å². The van der Waals surface area contributed by atoms with E-state index in [2.05, 4.69) is 6.07 Å². The Balaban J connectivity index is 1.98. The maximum atomic E-state index is 12.1. The summed E-state index contributed by atoms with van der Waals surface area (Å²) in [6.07, 6.45) is 0.481. The smallest absolute Gasteiger partial charge is 0.227 e. The van der Waals surface area contributed by atoms with Gasteiger partial charge in [0.1, 0.15) is 0 Å². The van der Waals surface area contributed by atoms with Crippen molar-refractivity contribution in [1.82, 2.24) is 4.90 Å². The fourth-order valence-electron chi connectivity index (χ4n) is 1.83. The van der Waals surface area contributed by atoms with Gasteiger partial charge < -0.3 is 4.90 Å². The second-order valence-electron chi connectivity index (χ2n) is 4.43. The molecule has 0 saturated carbocycles. The Kier molecular flexibility index (Phi) is 4.15. The third-order valence-electron chi connectivity index (χ3n) is 3.00. The van der Waals surface area contributed by atoms with E-state index in [4.69, 9.17) is 0 Å². The van der Waals surface area contributed by atoms with Gasteiger partial charge in [0.25, 0.3) is 0 Å². The lowest BCUT2D eigenvalue weighted by Gasteiger charge is -2.16. The van der Waals surface area contributed by atoms with E-state index < -0.39 is 0 Å². The van der Waals surface area contributed by atoms with Crippen LogP contribution in [-0.4, -0.2) is 17.9 Å². The third kappa shape index (κ3) is 3.20. The molecule has 1 aromatic carbocycles. The molecule has 0 aliphatic heterocycles. The van der Waals surface area contributed by atoms with Crippen LogP contribution in [0.25, 0.3) is 0 Å². The molecule has 0 aliphatic rings. The zero-order valence-electron chi connectivity index (χ0n) is 10.7. The second kappa shape index (κ2) is 5.83. The number of hydrogen-bond acceptors (Lipinski definition) is 2. The molecular weight excluding hydrogens is 242 g/mol. The van der Waals surface area contributed by atoms with Crippen LogP contribution in [0.4, 0.5) is 0 Å². The molecule has 94 valence electrons. The highest BCUT2D eigenvalue weighted by atomic mass is 32.1. The van der Waals surface area contributed by atoms with Crippen molar-refractivity contribution in [3.05, 3.63) is 57.8 Å². The van der Waals surface area contributed by atoms with Crippen molar-refractivity contribution in [3.8, 4) is 0 Å². The summed E-state index contributed by atoms with van der Waals surface area (Å²) in [7, 11) is 1.86. The largest absolute Gasteiger partial charge is 0.340 e. The minimum absolute atomic E-state index is 0.165. The van der Waals surface area contributed by atoms with Crippen molar-refractivity contribution in [3.63, 3.8) is 0 Å². The van der Waals surface area contributed by atoms with E-state index >= 15 is 0 Å². The lowest BCUT2D eigenvalue weighted by atomic mass is 10.1. The fourth-order valence-corrected chi connectivity index (χ4v) is 2.59. The van der Waals surface area contributed by atoms with Gasteiger partial charge in [-0.2, -0.15) is 0 Å². The van der Waals surface area contributed by atoms with Gasteiger partial charge in [0, 0.05) is 11.9 Å². The van der Waals surface area contributed by atoms with Gasteiger partial charge in [0.05, 0.1) is 13.0 Å². The van der Waals surface area contributed by atoms with Crippen molar-refractivity contribution < 1.29 is 4.79 Å². The molecule has 1 aromatic heterocycles. The predicted molar refractivity (Wildman–Crippen MR) is 75.7 cm³/mol. The lowest BCUT2D eigenvalue weighted by Crippen LogP contribution is -2.27. The maximum absolute atomic E-state index is 12.1. The molecule has 0 atom stereocenters. The lowest BCUT2D eigenvalue weighted by molar-refractivity contribution is -0.129. The Hall–Kier alpha value is -1.61. The van der Waals surface area contributed by atoms with E-state index in [-0.39, 0.29) is 5.91 Å². The minimum Gasteiger partial charge on any atom is -0.340 e. The zero-order chi connectivity index (χ0) is 13.0. The van der Waals surface area contributed by atoms with Gasteiger partial charge in [-0.3, -0.25) is 4.79 Å². The summed E-state index contributed by atoms with van der Waals surface area (Å²) < 4.78 is 0. The Labute approximate surface area is 112 Å². The van der Waals surface area contributed by atoms with Crippen molar-refractivity contribution in [2.24, 2.45) is 0 Å². The number of aryl methyl sites for hydroxylation is 1. The van der Waals surface area contributed by atoms with Crippen LogP contribution < -0.4 is 0 Å². The molecule has 2 rings (SSSR count). The molecule has 0 radical (unpaired) electrons. The van der Waals surface area contributed by atoms with Gasteiger partial charge in [0.15, 0.2) is 0 Å². The van der Waals surface area contributed by atoms with Crippen LogP contribution in [-0.2, 0) is 17.8 Å². The first kappa shape index (κ1) is 12.8. The van der Waals surface area contributed by atoms with E-state index in [0.29, 0.717) is 13.0 Å². The Bertz CT molecular complexity index is 519. The second-order valence-corrected chi connectivity index (χ2v) is 5.46. The van der Waals surface area contributed by atoms with Gasteiger partial charge in [-0.15, -0.1) is 11.3 Å².